The van der Waals surface area contributed by atoms with Crippen LogP contribution in [0.15, 0.2) is 48.5 Å². The number of carbonyl (C=O) groups excluding carboxylic acids is 1. The van der Waals surface area contributed by atoms with Crippen LogP contribution in [-0.2, 0) is 17.9 Å². The van der Waals surface area contributed by atoms with E-state index in [0.29, 0.717) is 23.1 Å². The summed E-state index contributed by atoms with van der Waals surface area (Å²) in [5.41, 5.74) is 3.85. The summed E-state index contributed by atoms with van der Waals surface area (Å²) in [4.78, 5) is 17.3. The Balaban J connectivity index is 1.62. The summed E-state index contributed by atoms with van der Waals surface area (Å²) in [6.07, 6.45) is 0. The lowest BCUT2D eigenvalue weighted by Crippen LogP contribution is -2.21. The van der Waals surface area contributed by atoms with Gasteiger partial charge in [-0.3, -0.25) is 19.8 Å². The van der Waals surface area contributed by atoms with Crippen LogP contribution in [0.25, 0.3) is 22.4 Å². The van der Waals surface area contributed by atoms with Crippen molar-refractivity contribution in [2.24, 2.45) is 0 Å². The number of aromatic amines is 1. The molecule has 0 aliphatic heterocycles. The monoisotopic (exact) mass is 392 g/mol. The Morgan fingerprint density at radius 1 is 1.18 bits per heavy atom. The average Bonchev–Trinajstić information content (AvgIpc) is 3.21. The number of aryl methyl sites for hydroxylation is 2. The molecule has 2 aromatic carbocycles. The molecule has 7 nitrogen and oxygen atoms in total. The highest BCUT2D eigenvalue weighted by atomic mass is 32.1. The Labute approximate surface area is 167 Å². The summed E-state index contributed by atoms with van der Waals surface area (Å²) < 4.78 is 4.07. The van der Waals surface area contributed by atoms with Crippen molar-refractivity contribution in [1.82, 2.24) is 24.3 Å². The number of aromatic nitrogens is 5. The van der Waals surface area contributed by atoms with Crippen molar-refractivity contribution in [1.29, 1.82) is 0 Å². The third-order valence-electron chi connectivity index (χ3n) is 4.56. The number of benzene rings is 2. The van der Waals surface area contributed by atoms with Gasteiger partial charge in [0, 0.05) is 12.1 Å². The van der Waals surface area contributed by atoms with E-state index >= 15 is 0 Å². The molecule has 142 valence electrons. The van der Waals surface area contributed by atoms with E-state index in [1.807, 2.05) is 66.9 Å². The maximum absolute atomic E-state index is 12.8. The van der Waals surface area contributed by atoms with E-state index in [0.717, 1.165) is 22.2 Å². The van der Waals surface area contributed by atoms with E-state index in [9.17, 15) is 4.79 Å². The van der Waals surface area contributed by atoms with Gasteiger partial charge in [0.15, 0.2) is 10.6 Å². The third kappa shape index (κ3) is 3.34. The van der Waals surface area contributed by atoms with Crippen molar-refractivity contribution in [2.75, 3.05) is 5.32 Å². The van der Waals surface area contributed by atoms with Gasteiger partial charge in [0.2, 0.25) is 11.9 Å². The number of fused-ring (bicyclic) bond motifs is 1. The molecule has 0 radical (unpaired) electrons. The number of hydrogen-bond donors (Lipinski definition) is 2. The van der Waals surface area contributed by atoms with Crippen LogP contribution >= 0.6 is 12.2 Å². The molecule has 2 aromatic heterocycles. The van der Waals surface area contributed by atoms with Crippen molar-refractivity contribution in [3.8, 4) is 11.4 Å². The highest BCUT2D eigenvalue weighted by molar-refractivity contribution is 7.71. The summed E-state index contributed by atoms with van der Waals surface area (Å²) >= 11 is 5.33. The van der Waals surface area contributed by atoms with Crippen LogP contribution in [0.5, 0.6) is 0 Å². The van der Waals surface area contributed by atoms with E-state index in [1.54, 1.807) is 4.57 Å². The number of H-pyrrole nitrogens is 1. The zero-order valence-corrected chi connectivity index (χ0v) is 16.5. The minimum Gasteiger partial charge on any atom is -0.310 e. The van der Waals surface area contributed by atoms with Crippen LogP contribution in [0, 0.1) is 11.7 Å². The summed E-state index contributed by atoms with van der Waals surface area (Å²) in [7, 11) is 0. The summed E-state index contributed by atoms with van der Waals surface area (Å²) in [6, 6.07) is 15.7. The molecule has 0 unspecified atom stereocenters. The highest BCUT2D eigenvalue weighted by Gasteiger charge is 2.16. The van der Waals surface area contributed by atoms with Gasteiger partial charge in [-0.05, 0) is 44.3 Å². The van der Waals surface area contributed by atoms with E-state index < -0.39 is 0 Å². The van der Waals surface area contributed by atoms with Crippen molar-refractivity contribution in [3.63, 3.8) is 0 Å². The molecule has 0 atom stereocenters. The fourth-order valence-electron chi connectivity index (χ4n) is 3.27. The lowest BCUT2D eigenvalue weighted by atomic mass is 10.1. The van der Waals surface area contributed by atoms with Crippen molar-refractivity contribution < 1.29 is 4.79 Å². The van der Waals surface area contributed by atoms with Crippen LogP contribution in [0.1, 0.15) is 12.5 Å². The molecule has 0 saturated heterocycles. The smallest absolute Gasteiger partial charge is 0.246 e. The topological polar surface area (TPSA) is 80.5 Å². The van der Waals surface area contributed by atoms with Crippen molar-refractivity contribution in [2.45, 2.75) is 26.9 Å². The van der Waals surface area contributed by atoms with Crippen LogP contribution < -0.4 is 5.32 Å². The number of hydrogen-bond acceptors (Lipinski definition) is 4. The van der Waals surface area contributed by atoms with Gasteiger partial charge in [0.1, 0.15) is 6.54 Å². The number of para-hydroxylation sites is 2. The Hall–Kier alpha value is -3.26. The molecule has 2 heterocycles. The lowest BCUT2D eigenvalue weighted by Gasteiger charge is -2.10. The maximum Gasteiger partial charge on any atom is 0.246 e. The third-order valence-corrected chi connectivity index (χ3v) is 4.87. The van der Waals surface area contributed by atoms with Gasteiger partial charge in [0.25, 0.3) is 0 Å². The molecule has 0 aliphatic rings. The molecule has 4 aromatic rings. The van der Waals surface area contributed by atoms with Crippen LogP contribution in [0.3, 0.4) is 0 Å². The number of rotatable bonds is 5. The standard InChI is InChI=1S/C20H20N6OS/c1-3-25-16-10-5-4-9-15(16)21-19(25)22-17(27)12-26-18(23-24-20(26)28)14-8-6-7-13(2)11-14/h4-11H,3,12H2,1-2H3,(H,24,28)(H,21,22,27). The fourth-order valence-corrected chi connectivity index (χ4v) is 3.46. The average molecular weight is 392 g/mol. The number of amides is 1. The maximum atomic E-state index is 12.8. The van der Waals surface area contributed by atoms with Gasteiger partial charge < -0.3 is 4.57 Å². The van der Waals surface area contributed by atoms with Crippen LogP contribution in [0.2, 0.25) is 0 Å². The normalized spacial score (nSPS) is 11.1. The Kier molecular flexibility index (Phi) is 4.79. The first kappa shape index (κ1) is 18.1. The Morgan fingerprint density at radius 3 is 2.79 bits per heavy atom. The first-order valence-corrected chi connectivity index (χ1v) is 9.45. The molecule has 8 heteroatoms. The summed E-state index contributed by atoms with van der Waals surface area (Å²) in [5, 5.41) is 9.99. The predicted molar refractivity (Wildman–Crippen MR) is 112 cm³/mol. The second-order valence-corrected chi connectivity index (χ2v) is 6.91. The van der Waals surface area contributed by atoms with E-state index in [4.69, 9.17) is 12.2 Å². The molecule has 28 heavy (non-hydrogen) atoms. The zero-order chi connectivity index (χ0) is 19.7. The molecular formula is C20H20N6OS. The van der Waals surface area contributed by atoms with Gasteiger partial charge in [-0.1, -0.05) is 35.9 Å². The number of carbonyl (C=O) groups is 1. The number of imidazole rings is 1. The minimum absolute atomic E-state index is 0.0472. The Bertz CT molecular complexity index is 1220. The summed E-state index contributed by atoms with van der Waals surface area (Å²) in [5.74, 6) is 0.949. The molecule has 0 spiro atoms. The quantitative estimate of drug-likeness (QED) is 0.505. The number of nitrogens with one attached hydrogen (secondary N) is 2. The van der Waals surface area contributed by atoms with Crippen molar-refractivity contribution in [3.05, 3.63) is 58.9 Å². The molecule has 2 N–H and O–H groups in total. The zero-order valence-electron chi connectivity index (χ0n) is 15.6. The molecule has 1 amide bonds. The van der Waals surface area contributed by atoms with E-state index in [1.165, 1.54) is 0 Å². The van der Waals surface area contributed by atoms with E-state index in [-0.39, 0.29) is 12.5 Å². The second kappa shape index (κ2) is 7.40. The molecular weight excluding hydrogens is 372 g/mol. The van der Waals surface area contributed by atoms with Crippen LogP contribution in [-0.4, -0.2) is 30.2 Å². The highest BCUT2D eigenvalue weighted by Crippen LogP contribution is 2.21. The van der Waals surface area contributed by atoms with Crippen LogP contribution in [0.4, 0.5) is 5.95 Å². The first-order valence-electron chi connectivity index (χ1n) is 9.04. The first-order chi connectivity index (χ1) is 13.6. The fraction of sp³-hybridized carbons (Fsp3) is 0.200. The molecule has 0 aliphatic carbocycles. The number of anilines is 1. The van der Waals surface area contributed by atoms with Crippen molar-refractivity contribution >= 4 is 35.1 Å². The predicted octanol–water partition coefficient (Wildman–Crippen LogP) is 3.92. The van der Waals surface area contributed by atoms with Gasteiger partial charge in [-0.2, -0.15) is 5.10 Å². The minimum atomic E-state index is -0.212. The largest absolute Gasteiger partial charge is 0.310 e. The van der Waals surface area contributed by atoms with Gasteiger partial charge >= 0.3 is 0 Å². The lowest BCUT2D eigenvalue weighted by molar-refractivity contribution is -0.116. The Morgan fingerprint density at radius 2 is 2.00 bits per heavy atom. The molecule has 4 rings (SSSR count). The molecule has 0 bridgehead atoms. The molecule has 0 fully saturated rings. The summed E-state index contributed by atoms with van der Waals surface area (Å²) in [6.45, 7) is 4.78. The molecule has 0 saturated carbocycles. The van der Waals surface area contributed by atoms with E-state index in [2.05, 4.69) is 20.5 Å². The van der Waals surface area contributed by atoms with Gasteiger partial charge in [0.05, 0.1) is 11.0 Å². The SMILES string of the molecule is CCn1c(NC(=O)Cn2c(-c3cccc(C)c3)n[nH]c2=S)nc2ccccc21. The number of nitrogens with zero attached hydrogens (tertiary/aromatic N) is 4. The second-order valence-electron chi connectivity index (χ2n) is 6.52. The van der Waals surface area contributed by atoms with Gasteiger partial charge in [-0.15, -0.1) is 0 Å². The van der Waals surface area contributed by atoms with Gasteiger partial charge in [-0.25, -0.2) is 4.98 Å².